The van der Waals surface area contributed by atoms with Gasteiger partial charge in [0.1, 0.15) is 11.3 Å². The van der Waals surface area contributed by atoms with Crippen LogP contribution in [0.1, 0.15) is 40.9 Å². The molecule has 0 radical (unpaired) electrons. The van der Waals surface area contributed by atoms with Crippen LogP contribution in [0.15, 0.2) is 35.3 Å². The second-order valence-electron chi connectivity index (χ2n) is 5.79. The Kier molecular flexibility index (Phi) is 4.19. The van der Waals surface area contributed by atoms with Crippen molar-refractivity contribution in [1.29, 1.82) is 0 Å². The molecule has 1 aliphatic rings. The molecule has 1 aliphatic carbocycles. The summed E-state index contributed by atoms with van der Waals surface area (Å²) in [6.45, 7) is 0. The zero-order valence-electron chi connectivity index (χ0n) is 13.2. The fraction of sp³-hybridized carbons (Fsp3) is 0.333. The summed E-state index contributed by atoms with van der Waals surface area (Å²) in [5.41, 5.74) is 7.87. The molecule has 0 unspecified atom stereocenters. The summed E-state index contributed by atoms with van der Waals surface area (Å²) in [6.07, 6.45) is 6.20. The second kappa shape index (κ2) is 6.28. The standard InChI is InChI=1S/C18H20N2O3/c1-23-13-9-7-12(8-10-13)20-11-15(18(19)22)17(21)14-5-3-2-4-6-16(14)20/h7-11H,2-6H2,1H3,(H2,19,22). The van der Waals surface area contributed by atoms with Gasteiger partial charge < -0.3 is 15.0 Å². The number of rotatable bonds is 3. The highest BCUT2D eigenvalue weighted by atomic mass is 16.5. The summed E-state index contributed by atoms with van der Waals surface area (Å²) in [4.78, 5) is 24.2. The van der Waals surface area contributed by atoms with E-state index in [0.29, 0.717) is 6.42 Å². The molecule has 0 aliphatic heterocycles. The minimum atomic E-state index is -0.677. The Labute approximate surface area is 134 Å². The summed E-state index contributed by atoms with van der Waals surface area (Å²) in [5.74, 6) is 0.0836. The van der Waals surface area contributed by atoms with E-state index in [0.717, 1.165) is 48.4 Å². The van der Waals surface area contributed by atoms with Crippen molar-refractivity contribution in [1.82, 2.24) is 4.57 Å². The molecule has 0 fully saturated rings. The highest BCUT2D eigenvalue weighted by Crippen LogP contribution is 2.23. The third-order valence-electron chi connectivity index (χ3n) is 4.37. The van der Waals surface area contributed by atoms with Crippen molar-refractivity contribution in [3.05, 3.63) is 57.5 Å². The number of ether oxygens (including phenoxy) is 1. The van der Waals surface area contributed by atoms with E-state index in [-0.39, 0.29) is 11.0 Å². The van der Waals surface area contributed by atoms with Crippen LogP contribution in [0.4, 0.5) is 0 Å². The zero-order valence-corrected chi connectivity index (χ0v) is 13.2. The number of nitrogens with two attached hydrogens (primary N) is 1. The molecule has 2 N–H and O–H groups in total. The number of hydrogen-bond donors (Lipinski definition) is 1. The Morgan fingerprint density at radius 2 is 1.83 bits per heavy atom. The van der Waals surface area contributed by atoms with Crippen molar-refractivity contribution in [2.24, 2.45) is 5.73 Å². The van der Waals surface area contributed by atoms with E-state index in [2.05, 4.69) is 0 Å². The number of hydrogen-bond acceptors (Lipinski definition) is 3. The van der Waals surface area contributed by atoms with Crippen LogP contribution in [0.2, 0.25) is 0 Å². The monoisotopic (exact) mass is 312 g/mol. The number of aromatic nitrogens is 1. The molecule has 0 atom stereocenters. The van der Waals surface area contributed by atoms with E-state index in [4.69, 9.17) is 10.5 Å². The Hall–Kier alpha value is -2.56. The van der Waals surface area contributed by atoms with E-state index in [1.54, 1.807) is 13.3 Å². The molecular formula is C18H20N2O3. The Morgan fingerprint density at radius 1 is 1.13 bits per heavy atom. The molecule has 23 heavy (non-hydrogen) atoms. The first-order chi connectivity index (χ1) is 11.1. The van der Waals surface area contributed by atoms with Gasteiger partial charge in [-0.05, 0) is 49.9 Å². The summed E-state index contributed by atoms with van der Waals surface area (Å²) < 4.78 is 7.12. The number of pyridine rings is 1. The topological polar surface area (TPSA) is 74.3 Å². The SMILES string of the molecule is COc1ccc(-n2cc(C(N)=O)c(=O)c3c2CCCCC3)cc1. The molecule has 1 aromatic carbocycles. The normalized spacial score (nSPS) is 14.0. The van der Waals surface area contributed by atoms with Gasteiger partial charge >= 0.3 is 0 Å². The minimum Gasteiger partial charge on any atom is -0.497 e. The van der Waals surface area contributed by atoms with Crippen LogP contribution >= 0.6 is 0 Å². The molecule has 0 spiro atoms. The first-order valence-electron chi connectivity index (χ1n) is 7.83. The van der Waals surface area contributed by atoms with Crippen molar-refractivity contribution < 1.29 is 9.53 Å². The Morgan fingerprint density at radius 3 is 2.48 bits per heavy atom. The van der Waals surface area contributed by atoms with Gasteiger partial charge in [-0.15, -0.1) is 0 Å². The van der Waals surface area contributed by atoms with Crippen LogP contribution in [-0.4, -0.2) is 17.6 Å². The number of fused-ring (bicyclic) bond motifs is 1. The van der Waals surface area contributed by atoms with E-state index in [1.165, 1.54) is 0 Å². The number of nitrogens with zero attached hydrogens (tertiary/aromatic N) is 1. The van der Waals surface area contributed by atoms with Crippen molar-refractivity contribution in [2.75, 3.05) is 7.11 Å². The largest absolute Gasteiger partial charge is 0.497 e. The van der Waals surface area contributed by atoms with Crippen molar-refractivity contribution >= 4 is 5.91 Å². The number of carbonyl (C=O) groups is 1. The summed E-state index contributed by atoms with van der Waals surface area (Å²) >= 11 is 0. The van der Waals surface area contributed by atoms with Gasteiger partial charge in [-0.25, -0.2) is 0 Å². The van der Waals surface area contributed by atoms with Crippen LogP contribution in [0.3, 0.4) is 0 Å². The van der Waals surface area contributed by atoms with Crippen LogP contribution in [0, 0.1) is 0 Å². The summed E-state index contributed by atoms with van der Waals surface area (Å²) in [7, 11) is 1.62. The molecule has 0 bridgehead atoms. The fourth-order valence-corrected chi connectivity index (χ4v) is 3.15. The van der Waals surface area contributed by atoms with Crippen LogP contribution in [0.5, 0.6) is 5.75 Å². The maximum absolute atomic E-state index is 12.6. The highest BCUT2D eigenvalue weighted by molar-refractivity contribution is 5.92. The van der Waals surface area contributed by atoms with E-state index < -0.39 is 5.91 Å². The Bertz CT molecular complexity index is 791. The van der Waals surface area contributed by atoms with Gasteiger partial charge in [0, 0.05) is 23.1 Å². The highest BCUT2D eigenvalue weighted by Gasteiger charge is 2.20. The molecule has 2 aromatic rings. The maximum Gasteiger partial charge on any atom is 0.254 e. The van der Waals surface area contributed by atoms with Gasteiger partial charge in [-0.1, -0.05) is 6.42 Å². The van der Waals surface area contributed by atoms with E-state index >= 15 is 0 Å². The lowest BCUT2D eigenvalue weighted by Gasteiger charge is -2.17. The molecule has 120 valence electrons. The smallest absolute Gasteiger partial charge is 0.254 e. The van der Waals surface area contributed by atoms with Gasteiger partial charge in [0.2, 0.25) is 0 Å². The first-order valence-corrected chi connectivity index (χ1v) is 7.83. The summed E-state index contributed by atoms with van der Waals surface area (Å²) in [5, 5.41) is 0. The third kappa shape index (κ3) is 2.86. The number of methoxy groups -OCH3 is 1. The molecule has 0 saturated carbocycles. The van der Waals surface area contributed by atoms with Crippen molar-refractivity contribution in [3.8, 4) is 11.4 Å². The molecular weight excluding hydrogens is 292 g/mol. The van der Waals surface area contributed by atoms with Crippen molar-refractivity contribution in [3.63, 3.8) is 0 Å². The molecule has 1 heterocycles. The zero-order chi connectivity index (χ0) is 16.4. The maximum atomic E-state index is 12.6. The van der Waals surface area contributed by atoms with Gasteiger partial charge in [0.25, 0.3) is 5.91 Å². The minimum absolute atomic E-state index is 0.0569. The van der Waals surface area contributed by atoms with Crippen LogP contribution in [-0.2, 0) is 12.8 Å². The summed E-state index contributed by atoms with van der Waals surface area (Å²) in [6, 6.07) is 7.56. The quantitative estimate of drug-likeness (QED) is 0.883. The predicted molar refractivity (Wildman–Crippen MR) is 88.4 cm³/mol. The van der Waals surface area contributed by atoms with Crippen LogP contribution < -0.4 is 15.9 Å². The molecule has 0 saturated heterocycles. The Balaban J connectivity index is 2.23. The molecule has 1 aromatic heterocycles. The first kappa shape index (κ1) is 15.3. The van der Waals surface area contributed by atoms with Crippen LogP contribution in [0.25, 0.3) is 5.69 Å². The third-order valence-corrected chi connectivity index (χ3v) is 4.37. The predicted octanol–water partition coefficient (Wildman–Crippen LogP) is 2.21. The van der Waals surface area contributed by atoms with E-state index in [9.17, 15) is 9.59 Å². The molecule has 5 heteroatoms. The molecule has 3 rings (SSSR count). The van der Waals surface area contributed by atoms with Gasteiger partial charge in [-0.3, -0.25) is 9.59 Å². The van der Waals surface area contributed by atoms with Gasteiger partial charge in [0.05, 0.1) is 7.11 Å². The average Bonchev–Trinajstić information content (AvgIpc) is 2.81. The lowest BCUT2D eigenvalue weighted by molar-refractivity contribution is 0.0998. The number of amides is 1. The number of carbonyl (C=O) groups excluding carboxylic acids is 1. The number of benzene rings is 1. The fourth-order valence-electron chi connectivity index (χ4n) is 3.15. The van der Waals surface area contributed by atoms with Gasteiger partial charge in [0.15, 0.2) is 5.43 Å². The number of primary amides is 1. The average molecular weight is 312 g/mol. The lowest BCUT2D eigenvalue weighted by Crippen LogP contribution is -2.28. The second-order valence-corrected chi connectivity index (χ2v) is 5.79. The lowest BCUT2D eigenvalue weighted by atomic mass is 10.0. The van der Waals surface area contributed by atoms with Crippen molar-refractivity contribution in [2.45, 2.75) is 32.1 Å². The molecule has 5 nitrogen and oxygen atoms in total. The van der Waals surface area contributed by atoms with Gasteiger partial charge in [-0.2, -0.15) is 0 Å². The molecule has 1 amide bonds. The van der Waals surface area contributed by atoms with E-state index in [1.807, 2.05) is 28.8 Å².